The number of hydrogen-bond acceptors (Lipinski definition) is 6. The molecule has 2 unspecified atom stereocenters. The molecule has 0 amide bonds. The number of para-hydroxylation sites is 1. The molecule has 122 valence electrons. The van der Waals surface area contributed by atoms with Crippen molar-refractivity contribution in [1.29, 1.82) is 0 Å². The molecule has 2 aromatic rings. The average Bonchev–Trinajstić information content (AvgIpc) is 3.29. The number of fused-ring (bicyclic) bond motifs is 5. The maximum Gasteiger partial charge on any atom is 0.336 e. The van der Waals surface area contributed by atoms with Crippen molar-refractivity contribution in [3.63, 3.8) is 0 Å². The second-order valence-electron chi connectivity index (χ2n) is 5.60. The zero-order valence-corrected chi connectivity index (χ0v) is 14.0. The first-order valence-corrected chi connectivity index (χ1v) is 8.38. The molecule has 4 rings (SSSR count). The molecular formula is C18H15NO4S. The SMILES string of the molecule is COC(=O)C1=C(C(=O)OC)C2c3sccc3C1N2c1ccccc1. The van der Waals surface area contributed by atoms with Crippen LogP contribution in [-0.2, 0) is 19.1 Å². The summed E-state index contributed by atoms with van der Waals surface area (Å²) in [6.45, 7) is 0. The third-order valence-electron chi connectivity index (χ3n) is 4.53. The van der Waals surface area contributed by atoms with Gasteiger partial charge in [-0.25, -0.2) is 9.59 Å². The number of nitrogens with zero attached hydrogens (tertiary/aromatic N) is 1. The molecule has 1 aromatic heterocycles. The highest BCUT2D eigenvalue weighted by Gasteiger charge is 2.55. The summed E-state index contributed by atoms with van der Waals surface area (Å²) >= 11 is 1.59. The molecule has 2 atom stereocenters. The smallest absolute Gasteiger partial charge is 0.336 e. The van der Waals surface area contributed by atoms with Gasteiger partial charge >= 0.3 is 11.9 Å². The first-order valence-electron chi connectivity index (χ1n) is 7.50. The minimum absolute atomic E-state index is 0.311. The van der Waals surface area contributed by atoms with E-state index in [0.717, 1.165) is 16.1 Å². The Bertz CT molecular complexity index is 806. The van der Waals surface area contributed by atoms with Crippen LogP contribution in [0.5, 0.6) is 0 Å². The number of esters is 2. The van der Waals surface area contributed by atoms with E-state index in [4.69, 9.17) is 9.47 Å². The molecule has 0 spiro atoms. The summed E-state index contributed by atoms with van der Waals surface area (Å²) in [5.41, 5.74) is 2.77. The minimum atomic E-state index is -0.485. The van der Waals surface area contributed by atoms with Crippen LogP contribution in [0.2, 0.25) is 0 Å². The largest absolute Gasteiger partial charge is 0.466 e. The number of anilines is 1. The molecule has 2 bridgehead atoms. The predicted octanol–water partition coefficient (Wildman–Crippen LogP) is 3.01. The summed E-state index contributed by atoms with van der Waals surface area (Å²) in [7, 11) is 2.66. The average molecular weight is 341 g/mol. The van der Waals surface area contributed by atoms with Crippen LogP contribution >= 0.6 is 11.3 Å². The molecule has 5 nitrogen and oxygen atoms in total. The number of ether oxygens (including phenoxy) is 2. The van der Waals surface area contributed by atoms with E-state index in [0.29, 0.717) is 11.1 Å². The number of carbonyl (C=O) groups excluding carboxylic acids is 2. The van der Waals surface area contributed by atoms with Gasteiger partial charge in [-0.3, -0.25) is 0 Å². The van der Waals surface area contributed by atoms with Gasteiger partial charge in [-0.05, 0) is 29.1 Å². The highest BCUT2D eigenvalue weighted by atomic mass is 32.1. The van der Waals surface area contributed by atoms with Gasteiger partial charge in [-0.1, -0.05) is 18.2 Å². The fourth-order valence-corrected chi connectivity index (χ4v) is 4.66. The second-order valence-corrected chi connectivity index (χ2v) is 6.55. The highest BCUT2D eigenvalue weighted by molar-refractivity contribution is 7.10. The zero-order chi connectivity index (χ0) is 16.8. The fraction of sp³-hybridized carbons (Fsp3) is 0.222. The lowest BCUT2D eigenvalue weighted by Gasteiger charge is -2.26. The van der Waals surface area contributed by atoms with Crippen LogP contribution in [0.4, 0.5) is 5.69 Å². The molecule has 0 saturated carbocycles. The Morgan fingerprint density at radius 1 is 0.958 bits per heavy atom. The molecule has 0 radical (unpaired) electrons. The number of hydrogen-bond donors (Lipinski definition) is 0. The number of methoxy groups -OCH3 is 2. The van der Waals surface area contributed by atoms with Crippen molar-refractivity contribution < 1.29 is 19.1 Å². The maximum atomic E-state index is 12.4. The maximum absolute atomic E-state index is 12.4. The van der Waals surface area contributed by atoms with Crippen LogP contribution in [0.25, 0.3) is 0 Å². The lowest BCUT2D eigenvalue weighted by molar-refractivity contribution is -0.139. The molecule has 2 aliphatic heterocycles. The van der Waals surface area contributed by atoms with Crippen LogP contribution in [0, 0.1) is 0 Å². The van der Waals surface area contributed by atoms with Crippen LogP contribution in [-0.4, -0.2) is 26.2 Å². The minimum Gasteiger partial charge on any atom is -0.466 e. The van der Waals surface area contributed by atoms with E-state index in [1.54, 1.807) is 11.3 Å². The Hall–Kier alpha value is -2.60. The van der Waals surface area contributed by atoms with Crippen molar-refractivity contribution in [2.75, 3.05) is 19.1 Å². The molecule has 2 aliphatic rings. The Balaban J connectivity index is 1.93. The van der Waals surface area contributed by atoms with Crippen molar-refractivity contribution in [3.8, 4) is 0 Å². The van der Waals surface area contributed by atoms with Crippen LogP contribution in [0.1, 0.15) is 22.5 Å². The van der Waals surface area contributed by atoms with Gasteiger partial charge in [0.2, 0.25) is 0 Å². The fourth-order valence-electron chi connectivity index (χ4n) is 3.62. The van der Waals surface area contributed by atoms with Crippen molar-refractivity contribution >= 4 is 29.0 Å². The summed E-state index contributed by atoms with van der Waals surface area (Å²) in [6.07, 6.45) is 0. The van der Waals surface area contributed by atoms with Crippen molar-refractivity contribution in [3.05, 3.63) is 63.4 Å². The number of carbonyl (C=O) groups is 2. The molecule has 0 aliphatic carbocycles. The van der Waals surface area contributed by atoms with Gasteiger partial charge in [0.15, 0.2) is 0 Å². The van der Waals surface area contributed by atoms with E-state index in [9.17, 15) is 9.59 Å². The van der Waals surface area contributed by atoms with Gasteiger partial charge < -0.3 is 14.4 Å². The Kier molecular flexibility index (Phi) is 3.42. The van der Waals surface area contributed by atoms with Crippen LogP contribution in [0.15, 0.2) is 52.9 Å². The summed E-state index contributed by atoms with van der Waals surface area (Å²) in [5, 5.41) is 1.99. The number of thiophene rings is 1. The predicted molar refractivity (Wildman–Crippen MR) is 89.8 cm³/mol. The van der Waals surface area contributed by atoms with Gasteiger partial charge in [0.05, 0.1) is 37.4 Å². The van der Waals surface area contributed by atoms with Crippen LogP contribution in [0.3, 0.4) is 0 Å². The first-order chi connectivity index (χ1) is 11.7. The summed E-state index contributed by atoms with van der Waals surface area (Å²) < 4.78 is 9.92. The van der Waals surface area contributed by atoms with Gasteiger partial charge in [0, 0.05) is 10.6 Å². The molecule has 3 heterocycles. The van der Waals surface area contributed by atoms with Gasteiger partial charge in [-0.2, -0.15) is 0 Å². The lowest BCUT2D eigenvalue weighted by Crippen LogP contribution is -2.23. The monoisotopic (exact) mass is 341 g/mol. The molecular weight excluding hydrogens is 326 g/mol. The molecule has 0 N–H and O–H groups in total. The molecule has 0 saturated heterocycles. The van der Waals surface area contributed by atoms with Gasteiger partial charge in [0.25, 0.3) is 0 Å². The molecule has 0 fully saturated rings. The van der Waals surface area contributed by atoms with Gasteiger partial charge in [-0.15, -0.1) is 11.3 Å². The lowest BCUT2D eigenvalue weighted by atomic mass is 9.91. The van der Waals surface area contributed by atoms with Gasteiger partial charge in [0.1, 0.15) is 0 Å². The molecule has 6 heteroatoms. The van der Waals surface area contributed by atoms with E-state index in [2.05, 4.69) is 4.90 Å². The Morgan fingerprint density at radius 2 is 1.58 bits per heavy atom. The Labute approximate surface area is 143 Å². The van der Waals surface area contributed by atoms with E-state index in [-0.39, 0.29) is 12.1 Å². The first kappa shape index (κ1) is 15.0. The third kappa shape index (κ3) is 1.86. The quantitative estimate of drug-likeness (QED) is 0.803. The van der Waals surface area contributed by atoms with Crippen molar-refractivity contribution in [2.45, 2.75) is 12.1 Å². The third-order valence-corrected chi connectivity index (χ3v) is 5.51. The molecule has 24 heavy (non-hydrogen) atoms. The van der Waals surface area contributed by atoms with Crippen molar-refractivity contribution in [1.82, 2.24) is 0 Å². The molecule has 1 aromatic carbocycles. The zero-order valence-electron chi connectivity index (χ0n) is 13.2. The summed E-state index contributed by atoms with van der Waals surface area (Å²) in [6, 6.07) is 11.2. The summed E-state index contributed by atoms with van der Waals surface area (Å²) in [5.74, 6) is -0.969. The highest BCUT2D eigenvalue weighted by Crippen LogP contribution is 2.59. The van der Waals surface area contributed by atoms with Crippen molar-refractivity contribution in [2.24, 2.45) is 0 Å². The summed E-state index contributed by atoms with van der Waals surface area (Å²) in [4.78, 5) is 28.0. The second kappa shape index (κ2) is 5.49. The van der Waals surface area contributed by atoms with E-state index in [1.165, 1.54) is 14.2 Å². The Morgan fingerprint density at radius 3 is 2.21 bits per heavy atom. The standard InChI is InChI=1S/C18H15NO4S/c1-22-17(20)12-13(18(21)23-2)15-16-11(8-9-24-16)14(12)19(15)10-6-4-3-5-7-10/h3-9,14-15H,1-2H3. The van der Waals surface area contributed by atoms with E-state index >= 15 is 0 Å². The van der Waals surface area contributed by atoms with Crippen LogP contribution < -0.4 is 4.90 Å². The number of rotatable bonds is 3. The topological polar surface area (TPSA) is 55.8 Å². The van der Waals surface area contributed by atoms with E-state index in [1.807, 2.05) is 41.8 Å². The normalized spacial score (nSPS) is 21.0. The number of benzene rings is 1. The van der Waals surface area contributed by atoms with E-state index < -0.39 is 11.9 Å².